The zero-order valence-corrected chi connectivity index (χ0v) is 17.4. The molecular formula is C23H28FN3O3. The first-order valence-electron chi connectivity index (χ1n) is 10.2. The van der Waals surface area contributed by atoms with Crippen LogP contribution in [0.4, 0.5) is 10.1 Å². The Morgan fingerprint density at radius 1 is 1.03 bits per heavy atom. The Balaban J connectivity index is 1.42. The van der Waals surface area contributed by atoms with Gasteiger partial charge >= 0.3 is 0 Å². The van der Waals surface area contributed by atoms with E-state index in [-0.39, 0.29) is 30.8 Å². The fourth-order valence-electron chi connectivity index (χ4n) is 3.41. The van der Waals surface area contributed by atoms with Crippen molar-refractivity contribution in [1.82, 2.24) is 9.80 Å². The first kappa shape index (κ1) is 21.8. The van der Waals surface area contributed by atoms with E-state index in [9.17, 15) is 14.0 Å². The highest BCUT2D eigenvalue weighted by Gasteiger charge is 2.23. The van der Waals surface area contributed by atoms with Gasteiger partial charge in [0.05, 0.1) is 6.54 Å². The Kier molecular flexibility index (Phi) is 7.41. The second-order valence-electron chi connectivity index (χ2n) is 7.69. The monoisotopic (exact) mass is 413 g/mol. The Morgan fingerprint density at radius 3 is 2.37 bits per heavy atom. The number of anilines is 1. The Bertz CT molecular complexity index is 862. The van der Waals surface area contributed by atoms with Gasteiger partial charge in [0.2, 0.25) is 5.91 Å². The van der Waals surface area contributed by atoms with Gasteiger partial charge in [-0.15, -0.1) is 0 Å². The molecule has 1 N–H and O–H groups in total. The van der Waals surface area contributed by atoms with Gasteiger partial charge in [-0.1, -0.05) is 32.0 Å². The van der Waals surface area contributed by atoms with Crippen molar-refractivity contribution >= 4 is 17.5 Å². The van der Waals surface area contributed by atoms with Gasteiger partial charge in [0, 0.05) is 31.9 Å². The standard InChI is InChI=1S/C23H28FN3O3/c1-17(2)20-5-3-4-6-21(20)30-16-23(29)27-13-11-26(12-14-27)15-22(28)25-19-9-7-18(24)8-10-19/h3-10,17H,11-16H2,1-2H3,(H,25,28). The maximum absolute atomic E-state index is 12.9. The van der Waals surface area contributed by atoms with Gasteiger partial charge in [0.15, 0.2) is 6.61 Å². The van der Waals surface area contributed by atoms with Crippen molar-refractivity contribution in [2.45, 2.75) is 19.8 Å². The number of para-hydroxylation sites is 1. The van der Waals surface area contributed by atoms with E-state index in [1.165, 1.54) is 24.3 Å². The highest BCUT2D eigenvalue weighted by Crippen LogP contribution is 2.25. The van der Waals surface area contributed by atoms with Gasteiger partial charge in [0.1, 0.15) is 11.6 Å². The molecule has 0 aromatic heterocycles. The minimum Gasteiger partial charge on any atom is -0.483 e. The van der Waals surface area contributed by atoms with Crippen LogP contribution in [0.1, 0.15) is 25.3 Å². The molecule has 1 aliphatic rings. The molecule has 0 saturated carbocycles. The van der Waals surface area contributed by atoms with E-state index in [0.29, 0.717) is 37.8 Å². The first-order valence-corrected chi connectivity index (χ1v) is 10.2. The van der Waals surface area contributed by atoms with Crippen molar-refractivity contribution in [3.8, 4) is 5.75 Å². The average Bonchev–Trinajstić information content (AvgIpc) is 2.74. The molecule has 1 aliphatic heterocycles. The predicted octanol–water partition coefficient (Wildman–Crippen LogP) is 3.11. The molecule has 0 radical (unpaired) electrons. The summed E-state index contributed by atoms with van der Waals surface area (Å²) in [5.41, 5.74) is 1.65. The summed E-state index contributed by atoms with van der Waals surface area (Å²) in [5.74, 6) is 0.516. The summed E-state index contributed by atoms with van der Waals surface area (Å²) in [6.45, 7) is 6.77. The summed E-state index contributed by atoms with van der Waals surface area (Å²) in [6, 6.07) is 13.4. The van der Waals surface area contributed by atoms with Crippen molar-refractivity contribution in [2.24, 2.45) is 0 Å². The lowest BCUT2D eigenvalue weighted by atomic mass is 10.0. The number of nitrogens with one attached hydrogen (secondary N) is 1. The lowest BCUT2D eigenvalue weighted by Gasteiger charge is -2.34. The number of ether oxygens (including phenoxy) is 1. The topological polar surface area (TPSA) is 61.9 Å². The molecule has 1 heterocycles. The molecule has 7 heteroatoms. The largest absolute Gasteiger partial charge is 0.483 e. The SMILES string of the molecule is CC(C)c1ccccc1OCC(=O)N1CCN(CC(=O)Nc2ccc(F)cc2)CC1. The maximum atomic E-state index is 12.9. The molecule has 0 spiro atoms. The van der Waals surface area contributed by atoms with Crippen LogP contribution in [0.5, 0.6) is 5.75 Å². The summed E-state index contributed by atoms with van der Waals surface area (Å²) >= 11 is 0. The van der Waals surface area contributed by atoms with Gasteiger partial charge < -0.3 is 15.0 Å². The first-order chi connectivity index (χ1) is 14.4. The summed E-state index contributed by atoms with van der Waals surface area (Å²) in [6.07, 6.45) is 0. The molecule has 0 aliphatic carbocycles. The molecule has 0 bridgehead atoms. The summed E-state index contributed by atoms with van der Waals surface area (Å²) < 4.78 is 18.7. The number of hydrogen-bond acceptors (Lipinski definition) is 4. The highest BCUT2D eigenvalue weighted by molar-refractivity contribution is 5.92. The average molecular weight is 413 g/mol. The Morgan fingerprint density at radius 2 is 1.70 bits per heavy atom. The van der Waals surface area contributed by atoms with Crippen molar-refractivity contribution in [1.29, 1.82) is 0 Å². The lowest BCUT2D eigenvalue weighted by Crippen LogP contribution is -2.51. The van der Waals surface area contributed by atoms with Crippen molar-refractivity contribution in [3.05, 3.63) is 59.9 Å². The number of hydrogen-bond donors (Lipinski definition) is 1. The molecule has 1 saturated heterocycles. The van der Waals surface area contributed by atoms with Gasteiger partial charge in [-0.05, 0) is 41.8 Å². The molecule has 2 aromatic rings. The Labute approximate surface area is 176 Å². The van der Waals surface area contributed by atoms with Gasteiger partial charge in [-0.2, -0.15) is 0 Å². The Hall–Kier alpha value is -2.93. The van der Waals surface area contributed by atoms with E-state index >= 15 is 0 Å². The van der Waals surface area contributed by atoms with Gasteiger partial charge in [0.25, 0.3) is 5.91 Å². The number of piperazine rings is 1. The van der Waals surface area contributed by atoms with E-state index in [0.717, 1.165) is 11.3 Å². The van der Waals surface area contributed by atoms with E-state index in [1.807, 2.05) is 29.2 Å². The van der Waals surface area contributed by atoms with Crippen molar-refractivity contribution in [3.63, 3.8) is 0 Å². The van der Waals surface area contributed by atoms with Gasteiger partial charge in [-0.3, -0.25) is 14.5 Å². The molecule has 1 fully saturated rings. The normalized spacial score (nSPS) is 14.6. The number of rotatable bonds is 7. The second kappa shape index (κ2) is 10.2. The smallest absolute Gasteiger partial charge is 0.260 e. The van der Waals surface area contributed by atoms with Crippen LogP contribution in [0.2, 0.25) is 0 Å². The zero-order valence-electron chi connectivity index (χ0n) is 17.4. The fourth-order valence-corrected chi connectivity index (χ4v) is 3.41. The van der Waals surface area contributed by atoms with E-state index in [4.69, 9.17) is 4.74 Å². The number of carbonyl (C=O) groups excluding carboxylic acids is 2. The van der Waals surface area contributed by atoms with Crippen molar-refractivity contribution < 1.29 is 18.7 Å². The summed E-state index contributed by atoms with van der Waals surface area (Å²) in [7, 11) is 0. The molecule has 160 valence electrons. The van der Waals surface area contributed by atoms with Crippen LogP contribution >= 0.6 is 0 Å². The van der Waals surface area contributed by atoms with Crippen molar-refractivity contribution in [2.75, 3.05) is 44.6 Å². The van der Waals surface area contributed by atoms with Crippen LogP contribution in [0.25, 0.3) is 0 Å². The molecule has 0 atom stereocenters. The van der Waals surface area contributed by atoms with Crippen LogP contribution < -0.4 is 10.1 Å². The minimum atomic E-state index is -0.342. The lowest BCUT2D eigenvalue weighted by molar-refractivity contribution is -0.135. The zero-order chi connectivity index (χ0) is 21.5. The van der Waals surface area contributed by atoms with Crippen LogP contribution in [-0.4, -0.2) is 60.9 Å². The van der Waals surface area contributed by atoms with E-state index in [2.05, 4.69) is 19.2 Å². The molecule has 3 rings (SSSR count). The predicted molar refractivity (Wildman–Crippen MR) is 114 cm³/mol. The minimum absolute atomic E-state index is 0.00872. The van der Waals surface area contributed by atoms with E-state index < -0.39 is 0 Å². The molecule has 2 aromatic carbocycles. The second-order valence-corrected chi connectivity index (χ2v) is 7.69. The summed E-state index contributed by atoms with van der Waals surface area (Å²) in [5, 5.41) is 2.76. The molecule has 6 nitrogen and oxygen atoms in total. The molecule has 0 unspecified atom stereocenters. The quantitative estimate of drug-likeness (QED) is 0.758. The molecular weight excluding hydrogens is 385 g/mol. The summed E-state index contributed by atoms with van der Waals surface area (Å²) in [4.78, 5) is 28.5. The van der Waals surface area contributed by atoms with Crippen LogP contribution in [0.15, 0.2) is 48.5 Å². The highest BCUT2D eigenvalue weighted by atomic mass is 19.1. The fraction of sp³-hybridized carbons (Fsp3) is 0.391. The maximum Gasteiger partial charge on any atom is 0.260 e. The van der Waals surface area contributed by atoms with Crippen LogP contribution in [0, 0.1) is 5.82 Å². The third-order valence-electron chi connectivity index (χ3n) is 5.11. The van der Waals surface area contributed by atoms with Crippen LogP contribution in [0.3, 0.4) is 0 Å². The van der Waals surface area contributed by atoms with Gasteiger partial charge in [-0.25, -0.2) is 4.39 Å². The van der Waals surface area contributed by atoms with Crippen LogP contribution in [-0.2, 0) is 9.59 Å². The number of carbonyl (C=O) groups is 2. The number of halogens is 1. The number of benzene rings is 2. The third kappa shape index (κ3) is 6.03. The third-order valence-corrected chi connectivity index (χ3v) is 5.11. The molecule has 30 heavy (non-hydrogen) atoms. The van der Waals surface area contributed by atoms with E-state index in [1.54, 1.807) is 4.90 Å². The number of amides is 2. The number of nitrogens with zero attached hydrogens (tertiary/aromatic N) is 2. The molecule has 2 amide bonds.